The molecule has 0 aromatic carbocycles. The van der Waals surface area contributed by atoms with Crippen molar-refractivity contribution in [3.63, 3.8) is 0 Å². The molecule has 2 N–H and O–H groups in total. The van der Waals surface area contributed by atoms with Crippen LogP contribution >= 0.6 is 0 Å². The van der Waals surface area contributed by atoms with E-state index in [0.717, 1.165) is 25.2 Å². The Morgan fingerprint density at radius 2 is 1.45 bits per heavy atom. The van der Waals surface area contributed by atoms with Crippen molar-refractivity contribution in [2.75, 3.05) is 0 Å². The lowest BCUT2D eigenvalue weighted by Crippen LogP contribution is -2.05. The molecular weight excluding hydrogens is 242 g/mol. The first-order chi connectivity index (χ1) is 9.47. The maximum atomic E-state index is 5.92. The van der Waals surface area contributed by atoms with Gasteiger partial charge in [0.05, 0.1) is 0 Å². The second-order valence-corrected chi connectivity index (χ2v) is 5.96. The number of nitrogens with two attached hydrogens (primary N) is 1. The van der Waals surface area contributed by atoms with Crippen molar-refractivity contribution < 1.29 is 0 Å². The summed E-state index contributed by atoms with van der Waals surface area (Å²) >= 11 is 0. The summed E-state index contributed by atoms with van der Waals surface area (Å²) in [6.45, 7) is 17.1. The predicted octanol–water partition coefficient (Wildman–Crippen LogP) is 6.13. The highest BCUT2D eigenvalue weighted by atomic mass is 14.6. The van der Waals surface area contributed by atoms with Crippen molar-refractivity contribution in [2.24, 2.45) is 11.7 Å². The van der Waals surface area contributed by atoms with Gasteiger partial charge in [0.1, 0.15) is 0 Å². The summed E-state index contributed by atoms with van der Waals surface area (Å²) in [6, 6.07) is 0. The van der Waals surface area contributed by atoms with Gasteiger partial charge >= 0.3 is 0 Å². The van der Waals surface area contributed by atoms with Gasteiger partial charge in [-0.3, -0.25) is 0 Å². The van der Waals surface area contributed by atoms with E-state index in [2.05, 4.69) is 40.9 Å². The zero-order valence-electron chi connectivity index (χ0n) is 14.2. The van der Waals surface area contributed by atoms with E-state index in [1.54, 1.807) is 0 Å². The van der Waals surface area contributed by atoms with Crippen LogP contribution in [0.2, 0.25) is 0 Å². The van der Waals surface area contributed by atoms with Crippen LogP contribution in [0.4, 0.5) is 0 Å². The second-order valence-electron chi connectivity index (χ2n) is 5.96. The van der Waals surface area contributed by atoms with Crippen molar-refractivity contribution in [3.05, 3.63) is 35.6 Å². The first-order valence-electron chi connectivity index (χ1n) is 8.30. The average Bonchev–Trinajstić information content (AvgIpc) is 2.41. The van der Waals surface area contributed by atoms with Crippen LogP contribution in [0.3, 0.4) is 0 Å². The molecule has 0 unspecified atom stereocenters. The van der Waals surface area contributed by atoms with Gasteiger partial charge < -0.3 is 5.73 Å². The van der Waals surface area contributed by atoms with Crippen LogP contribution in [0.15, 0.2) is 35.6 Å². The predicted molar refractivity (Wildman–Crippen MR) is 92.6 cm³/mol. The largest absolute Gasteiger partial charge is 0.399 e. The Morgan fingerprint density at radius 1 is 0.900 bits per heavy atom. The zero-order valence-corrected chi connectivity index (χ0v) is 14.2. The molecule has 0 saturated heterocycles. The summed E-state index contributed by atoms with van der Waals surface area (Å²) in [6.07, 6.45) is 9.72. The molecule has 116 valence electrons. The Labute approximate surface area is 127 Å². The maximum Gasteiger partial charge on any atom is 0.0276 e. The monoisotopic (exact) mass is 277 g/mol. The van der Waals surface area contributed by atoms with Crippen LogP contribution in [0.1, 0.15) is 79.1 Å². The lowest BCUT2D eigenvalue weighted by Gasteiger charge is -2.18. The molecule has 1 heteroatoms. The van der Waals surface area contributed by atoms with Crippen molar-refractivity contribution in [1.82, 2.24) is 0 Å². The third-order valence-electron chi connectivity index (χ3n) is 4.12. The summed E-state index contributed by atoms with van der Waals surface area (Å²) in [7, 11) is 0. The van der Waals surface area contributed by atoms with E-state index < -0.39 is 0 Å². The third-order valence-corrected chi connectivity index (χ3v) is 4.12. The van der Waals surface area contributed by atoms with Crippen LogP contribution in [0.25, 0.3) is 0 Å². The van der Waals surface area contributed by atoms with Crippen LogP contribution in [-0.2, 0) is 0 Å². The van der Waals surface area contributed by atoms with Crippen molar-refractivity contribution in [3.8, 4) is 0 Å². The van der Waals surface area contributed by atoms with Gasteiger partial charge in [0, 0.05) is 5.70 Å². The summed E-state index contributed by atoms with van der Waals surface area (Å²) in [5.74, 6) is 0.852. The Morgan fingerprint density at radius 3 is 1.85 bits per heavy atom. The summed E-state index contributed by atoms with van der Waals surface area (Å²) in [5, 5.41) is 0. The molecule has 0 spiro atoms. The molecule has 0 aliphatic heterocycles. The van der Waals surface area contributed by atoms with Crippen molar-refractivity contribution >= 4 is 0 Å². The fourth-order valence-electron chi connectivity index (χ4n) is 2.87. The van der Waals surface area contributed by atoms with Gasteiger partial charge in [-0.1, -0.05) is 71.6 Å². The lowest BCUT2D eigenvalue weighted by molar-refractivity contribution is 0.411. The summed E-state index contributed by atoms with van der Waals surface area (Å²) in [5.41, 5.74) is 10.4. The van der Waals surface area contributed by atoms with Gasteiger partial charge in [-0.15, -0.1) is 0 Å². The minimum absolute atomic E-state index is 0.712. The lowest BCUT2D eigenvalue weighted by atomic mass is 9.88. The third kappa shape index (κ3) is 6.98. The molecule has 0 aliphatic rings. The van der Waals surface area contributed by atoms with E-state index in [0.29, 0.717) is 5.70 Å². The quantitative estimate of drug-likeness (QED) is 0.452. The molecule has 1 nitrogen and oxygen atoms in total. The van der Waals surface area contributed by atoms with E-state index in [4.69, 9.17) is 5.73 Å². The topological polar surface area (TPSA) is 26.0 Å². The minimum atomic E-state index is 0.712. The molecule has 0 heterocycles. The highest BCUT2D eigenvalue weighted by Gasteiger charge is 2.11. The van der Waals surface area contributed by atoms with E-state index in [1.165, 1.54) is 48.8 Å². The number of rotatable bonds is 11. The number of hydrogen-bond donors (Lipinski definition) is 1. The van der Waals surface area contributed by atoms with Crippen LogP contribution in [-0.4, -0.2) is 0 Å². The average molecular weight is 277 g/mol. The molecular formula is C19H35N. The zero-order chi connectivity index (χ0) is 15.5. The standard InChI is InChI=1S/C19H35N/c1-7-10-18(11-8-2)14-13-15(4)16(5)19(12-9-3)17(6)20/h18H,4,6-14,20H2,1-3,5H3/b19-16+. The fraction of sp³-hybridized carbons (Fsp3) is 0.684. The van der Waals surface area contributed by atoms with Crippen LogP contribution < -0.4 is 5.73 Å². The van der Waals surface area contributed by atoms with Crippen molar-refractivity contribution in [1.29, 1.82) is 0 Å². The first kappa shape index (κ1) is 19.0. The summed E-state index contributed by atoms with van der Waals surface area (Å²) in [4.78, 5) is 0. The highest BCUT2D eigenvalue weighted by Crippen LogP contribution is 2.27. The molecule has 0 rings (SSSR count). The van der Waals surface area contributed by atoms with E-state index in [1.807, 2.05) is 0 Å². The van der Waals surface area contributed by atoms with Crippen molar-refractivity contribution in [2.45, 2.75) is 79.1 Å². The number of hydrogen-bond acceptors (Lipinski definition) is 1. The molecule has 0 saturated carbocycles. The van der Waals surface area contributed by atoms with Gasteiger partial charge in [0.15, 0.2) is 0 Å². The van der Waals surface area contributed by atoms with Crippen LogP contribution in [0, 0.1) is 5.92 Å². The molecule has 20 heavy (non-hydrogen) atoms. The number of allylic oxidation sites excluding steroid dienone is 3. The molecule has 0 radical (unpaired) electrons. The van der Waals surface area contributed by atoms with Gasteiger partial charge in [0.25, 0.3) is 0 Å². The Hall–Kier alpha value is -0.980. The normalized spacial score (nSPS) is 12.4. The second kappa shape index (κ2) is 10.8. The molecule has 0 amide bonds. The smallest absolute Gasteiger partial charge is 0.0276 e. The van der Waals surface area contributed by atoms with Gasteiger partial charge in [-0.25, -0.2) is 0 Å². The van der Waals surface area contributed by atoms with E-state index in [9.17, 15) is 0 Å². The highest BCUT2D eigenvalue weighted by molar-refractivity contribution is 5.40. The summed E-state index contributed by atoms with van der Waals surface area (Å²) < 4.78 is 0. The Balaban J connectivity index is 4.64. The first-order valence-corrected chi connectivity index (χ1v) is 8.30. The van der Waals surface area contributed by atoms with E-state index in [-0.39, 0.29) is 0 Å². The van der Waals surface area contributed by atoms with Gasteiger partial charge in [0.2, 0.25) is 0 Å². The molecule has 0 aromatic heterocycles. The van der Waals surface area contributed by atoms with E-state index >= 15 is 0 Å². The Bertz CT molecular complexity index is 330. The fourth-order valence-corrected chi connectivity index (χ4v) is 2.87. The molecule has 0 aromatic rings. The molecule has 0 aliphatic carbocycles. The molecule has 0 atom stereocenters. The SMILES string of the molecule is C=C(CCC(CCC)CCC)/C(C)=C(\CCC)C(=C)N. The van der Waals surface area contributed by atoms with Crippen LogP contribution in [0.5, 0.6) is 0 Å². The maximum absolute atomic E-state index is 5.92. The molecule has 0 bridgehead atoms. The van der Waals surface area contributed by atoms with Gasteiger partial charge in [-0.05, 0) is 43.3 Å². The molecule has 0 fully saturated rings. The minimum Gasteiger partial charge on any atom is -0.399 e. The Kier molecular flexibility index (Phi) is 10.2. The van der Waals surface area contributed by atoms with Gasteiger partial charge in [-0.2, -0.15) is 0 Å².